The Hall–Kier alpha value is -3.33. The van der Waals surface area contributed by atoms with Crippen LogP contribution in [-0.4, -0.2) is 73.7 Å². The van der Waals surface area contributed by atoms with E-state index in [1.807, 2.05) is 37.3 Å². The number of carbonyl (C=O) groups is 1. The second kappa shape index (κ2) is 11.4. The number of nitrogens with zero attached hydrogens (tertiary/aromatic N) is 4. The molecule has 188 valence electrons. The van der Waals surface area contributed by atoms with Crippen molar-refractivity contribution in [2.45, 2.75) is 26.4 Å². The van der Waals surface area contributed by atoms with Gasteiger partial charge in [-0.3, -0.25) is 15.0 Å². The standard InChI is InChI=1S/C26H34N4O5/c1-20-16-24(30(32)33)25(34-2)17-23(20)28-10-8-21(9-11-28)18-27-12-14-29(15-13-27)26(31)35-19-22-6-4-3-5-7-22/h3-7,16-17,21H,8-15,18-19H2,1-2H3. The maximum absolute atomic E-state index is 12.4. The lowest BCUT2D eigenvalue weighted by Crippen LogP contribution is -2.50. The number of anilines is 1. The Labute approximate surface area is 206 Å². The van der Waals surface area contributed by atoms with E-state index < -0.39 is 4.92 Å². The zero-order valence-electron chi connectivity index (χ0n) is 20.5. The fourth-order valence-corrected chi connectivity index (χ4v) is 4.95. The Morgan fingerprint density at radius 3 is 2.37 bits per heavy atom. The van der Waals surface area contributed by atoms with Gasteiger partial charge in [0.15, 0.2) is 5.75 Å². The van der Waals surface area contributed by atoms with Crippen LogP contribution < -0.4 is 9.64 Å². The van der Waals surface area contributed by atoms with Crippen LogP contribution in [0.4, 0.5) is 16.2 Å². The van der Waals surface area contributed by atoms with Crippen LogP contribution in [-0.2, 0) is 11.3 Å². The highest BCUT2D eigenvalue weighted by Crippen LogP contribution is 2.36. The number of hydrogen-bond acceptors (Lipinski definition) is 7. The Morgan fingerprint density at radius 2 is 1.74 bits per heavy atom. The third kappa shape index (κ3) is 6.22. The Kier molecular flexibility index (Phi) is 8.07. The molecular weight excluding hydrogens is 448 g/mol. The lowest BCUT2D eigenvalue weighted by atomic mass is 9.95. The minimum atomic E-state index is -0.398. The first-order chi connectivity index (χ1) is 16.9. The maximum atomic E-state index is 12.4. The van der Waals surface area contributed by atoms with E-state index in [0.29, 0.717) is 31.4 Å². The molecule has 2 saturated heterocycles. The van der Waals surface area contributed by atoms with E-state index in [4.69, 9.17) is 9.47 Å². The molecule has 2 aromatic rings. The number of amides is 1. The highest BCUT2D eigenvalue weighted by molar-refractivity contribution is 5.67. The summed E-state index contributed by atoms with van der Waals surface area (Å²) in [6.07, 6.45) is 1.89. The summed E-state index contributed by atoms with van der Waals surface area (Å²) in [5, 5.41) is 11.3. The summed E-state index contributed by atoms with van der Waals surface area (Å²) in [4.78, 5) is 29.8. The van der Waals surface area contributed by atoms with Crippen molar-refractivity contribution in [2.24, 2.45) is 5.92 Å². The van der Waals surface area contributed by atoms with E-state index >= 15 is 0 Å². The molecule has 2 fully saturated rings. The predicted octanol–water partition coefficient (Wildman–Crippen LogP) is 4.08. The van der Waals surface area contributed by atoms with Gasteiger partial charge in [0.1, 0.15) is 6.61 Å². The average Bonchev–Trinajstić information content (AvgIpc) is 2.88. The summed E-state index contributed by atoms with van der Waals surface area (Å²) in [7, 11) is 1.47. The summed E-state index contributed by atoms with van der Waals surface area (Å²) >= 11 is 0. The molecule has 0 atom stereocenters. The highest BCUT2D eigenvalue weighted by atomic mass is 16.6. The summed E-state index contributed by atoms with van der Waals surface area (Å²) < 4.78 is 10.7. The van der Waals surface area contributed by atoms with E-state index in [2.05, 4.69) is 9.80 Å². The van der Waals surface area contributed by atoms with Gasteiger partial charge in [-0.2, -0.15) is 0 Å². The smallest absolute Gasteiger partial charge is 0.410 e. The molecule has 9 nitrogen and oxygen atoms in total. The number of ether oxygens (including phenoxy) is 2. The number of carbonyl (C=O) groups excluding carboxylic acids is 1. The van der Waals surface area contributed by atoms with Crippen LogP contribution in [0.15, 0.2) is 42.5 Å². The van der Waals surface area contributed by atoms with Crippen molar-refractivity contribution in [3.63, 3.8) is 0 Å². The topological polar surface area (TPSA) is 88.4 Å². The molecule has 9 heteroatoms. The summed E-state index contributed by atoms with van der Waals surface area (Å²) in [5.74, 6) is 0.904. The van der Waals surface area contributed by atoms with Crippen LogP contribution in [0.25, 0.3) is 0 Å². The summed E-state index contributed by atoms with van der Waals surface area (Å²) in [5.41, 5.74) is 2.90. The van der Waals surface area contributed by atoms with Gasteiger partial charge in [-0.1, -0.05) is 30.3 Å². The number of benzene rings is 2. The number of rotatable bonds is 7. The SMILES string of the molecule is COc1cc(N2CCC(CN3CCN(C(=O)OCc4ccccc4)CC3)CC2)c(C)cc1[N+](=O)[O-]. The van der Waals surface area contributed by atoms with Gasteiger partial charge < -0.3 is 19.3 Å². The number of nitro benzene ring substituents is 1. The monoisotopic (exact) mass is 482 g/mol. The number of nitro groups is 1. The largest absolute Gasteiger partial charge is 0.490 e. The molecule has 0 radical (unpaired) electrons. The Bertz CT molecular complexity index is 1020. The molecule has 4 rings (SSSR count). The van der Waals surface area contributed by atoms with Gasteiger partial charge in [-0.25, -0.2) is 4.79 Å². The molecule has 35 heavy (non-hydrogen) atoms. The van der Waals surface area contributed by atoms with Crippen molar-refractivity contribution >= 4 is 17.5 Å². The first-order valence-corrected chi connectivity index (χ1v) is 12.2. The molecule has 0 unspecified atom stereocenters. The lowest BCUT2D eigenvalue weighted by Gasteiger charge is -2.39. The fourth-order valence-electron chi connectivity index (χ4n) is 4.95. The van der Waals surface area contributed by atoms with Crippen molar-refractivity contribution in [2.75, 3.05) is 57.8 Å². The van der Waals surface area contributed by atoms with Crippen LogP contribution in [0, 0.1) is 23.0 Å². The van der Waals surface area contributed by atoms with Gasteiger partial charge in [0, 0.05) is 63.6 Å². The van der Waals surface area contributed by atoms with Crippen LogP contribution in [0.5, 0.6) is 5.75 Å². The molecule has 2 aliphatic rings. The second-order valence-corrected chi connectivity index (χ2v) is 9.33. The van der Waals surface area contributed by atoms with Gasteiger partial charge in [0.2, 0.25) is 0 Å². The molecule has 0 bridgehead atoms. The van der Waals surface area contributed by atoms with Gasteiger partial charge in [-0.05, 0) is 36.8 Å². The van der Waals surface area contributed by atoms with E-state index in [9.17, 15) is 14.9 Å². The number of methoxy groups -OCH3 is 1. The minimum Gasteiger partial charge on any atom is -0.490 e. The first kappa shape index (κ1) is 24.8. The summed E-state index contributed by atoms with van der Waals surface area (Å²) in [6.45, 7) is 8.18. The molecule has 2 heterocycles. The molecule has 2 aliphatic heterocycles. The van der Waals surface area contributed by atoms with Crippen LogP contribution >= 0.6 is 0 Å². The molecule has 0 aliphatic carbocycles. The lowest BCUT2D eigenvalue weighted by molar-refractivity contribution is -0.385. The fraction of sp³-hybridized carbons (Fsp3) is 0.500. The summed E-state index contributed by atoms with van der Waals surface area (Å²) in [6, 6.07) is 13.1. The van der Waals surface area contributed by atoms with E-state index in [-0.39, 0.29) is 11.8 Å². The zero-order chi connectivity index (χ0) is 24.8. The molecule has 0 aromatic heterocycles. The number of piperidine rings is 1. The number of piperazine rings is 1. The Morgan fingerprint density at radius 1 is 1.06 bits per heavy atom. The normalized spacial score (nSPS) is 17.3. The van der Waals surface area contributed by atoms with Crippen LogP contribution in [0.3, 0.4) is 0 Å². The third-order valence-electron chi connectivity index (χ3n) is 7.00. The first-order valence-electron chi connectivity index (χ1n) is 12.2. The predicted molar refractivity (Wildman–Crippen MR) is 134 cm³/mol. The van der Waals surface area contributed by atoms with Gasteiger partial charge in [0.25, 0.3) is 0 Å². The van der Waals surface area contributed by atoms with Gasteiger partial charge in [0.05, 0.1) is 12.0 Å². The molecule has 0 saturated carbocycles. The average molecular weight is 483 g/mol. The molecule has 0 N–H and O–H groups in total. The van der Waals surface area contributed by atoms with Crippen molar-refractivity contribution in [1.29, 1.82) is 0 Å². The van der Waals surface area contributed by atoms with Crippen molar-refractivity contribution in [1.82, 2.24) is 9.80 Å². The highest BCUT2D eigenvalue weighted by Gasteiger charge is 2.27. The third-order valence-corrected chi connectivity index (χ3v) is 7.00. The van der Waals surface area contributed by atoms with Crippen molar-refractivity contribution < 1.29 is 19.2 Å². The van der Waals surface area contributed by atoms with Gasteiger partial charge in [-0.15, -0.1) is 0 Å². The van der Waals surface area contributed by atoms with Crippen molar-refractivity contribution in [3.8, 4) is 5.75 Å². The van der Waals surface area contributed by atoms with Crippen LogP contribution in [0.2, 0.25) is 0 Å². The maximum Gasteiger partial charge on any atom is 0.410 e. The van der Waals surface area contributed by atoms with Crippen molar-refractivity contribution in [3.05, 3.63) is 63.7 Å². The molecule has 0 spiro atoms. The van der Waals surface area contributed by atoms with Crippen LogP contribution in [0.1, 0.15) is 24.0 Å². The van der Waals surface area contributed by atoms with E-state index in [0.717, 1.165) is 62.4 Å². The molecule has 2 aromatic carbocycles. The quantitative estimate of drug-likeness (QED) is 0.434. The van der Waals surface area contributed by atoms with E-state index in [1.165, 1.54) is 7.11 Å². The Balaban J connectivity index is 1.22. The molecular formula is C26H34N4O5. The van der Waals surface area contributed by atoms with E-state index in [1.54, 1.807) is 17.0 Å². The minimum absolute atomic E-state index is 0.00623. The number of aryl methyl sites for hydroxylation is 1. The second-order valence-electron chi connectivity index (χ2n) is 9.33. The van der Waals surface area contributed by atoms with Gasteiger partial charge >= 0.3 is 11.8 Å². The number of hydrogen-bond donors (Lipinski definition) is 0. The molecule has 1 amide bonds. The zero-order valence-corrected chi connectivity index (χ0v) is 20.5.